The summed E-state index contributed by atoms with van der Waals surface area (Å²) in [6.45, 7) is 10.1. The number of methoxy groups -OCH3 is 1. The summed E-state index contributed by atoms with van der Waals surface area (Å²) < 4.78 is 6.13. The van der Waals surface area contributed by atoms with Gasteiger partial charge in [0.05, 0.1) is 25.9 Å². The fourth-order valence-electron chi connectivity index (χ4n) is 9.41. The molecule has 4 fully saturated rings. The number of benzene rings is 3. The molecule has 0 radical (unpaired) electrons. The fourth-order valence-corrected chi connectivity index (χ4v) is 9.41. The van der Waals surface area contributed by atoms with Crippen molar-refractivity contribution in [2.45, 2.75) is 77.8 Å². The normalized spacial score (nSPS) is 26.5. The van der Waals surface area contributed by atoms with Crippen LogP contribution < -0.4 is 20.3 Å². The van der Waals surface area contributed by atoms with E-state index in [0.717, 1.165) is 35.2 Å². The van der Waals surface area contributed by atoms with E-state index in [1.165, 1.54) is 12.0 Å². The molecule has 7 rings (SSSR count). The van der Waals surface area contributed by atoms with Gasteiger partial charge < -0.3 is 30.3 Å². The van der Waals surface area contributed by atoms with E-state index in [1.54, 1.807) is 19.1 Å². The molecule has 2 amide bonds. The predicted octanol–water partition coefficient (Wildman–Crippen LogP) is 5.63. The first kappa shape index (κ1) is 39.7. The average Bonchev–Trinajstić information content (AvgIpc) is 3.49. The third-order valence-corrected chi connectivity index (χ3v) is 12.6. The van der Waals surface area contributed by atoms with E-state index >= 15 is 0 Å². The van der Waals surface area contributed by atoms with Crippen LogP contribution in [0.5, 0.6) is 5.75 Å². The number of fused-ring (bicyclic) bond motifs is 2. The van der Waals surface area contributed by atoms with E-state index in [1.807, 2.05) is 86.5 Å². The van der Waals surface area contributed by atoms with E-state index in [-0.39, 0.29) is 30.5 Å². The van der Waals surface area contributed by atoms with Gasteiger partial charge in [-0.15, -0.1) is 0 Å². The number of carbonyl (C=O) groups is 2. The number of anilines is 1. The van der Waals surface area contributed by atoms with Crippen LogP contribution in [-0.2, 0) is 22.6 Å². The second kappa shape index (κ2) is 16.4. The van der Waals surface area contributed by atoms with Crippen molar-refractivity contribution in [2.75, 3.05) is 53.3 Å². The highest BCUT2D eigenvalue weighted by Gasteiger charge is 2.57. The molecule has 10 nitrogen and oxygen atoms in total. The number of hydroxylamine groups is 2. The molecule has 8 atom stereocenters. The van der Waals surface area contributed by atoms with Crippen molar-refractivity contribution in [3.63, 3.8) is 0 Å². The van der Waals surface area contributed by atoms with Gasteiger partial charge in [-0.3, -0.25) is 14.4 Å². The molecule has 1 heterocycles. The highest BCUT2D eigenvalue weighted by Crippen LogP contribution is 2.61. The third kappa shape index (κ3) is 8.17. The molecule has 4 aliphatic rings. The molecule has 3 N–H and O–H groups in total. The number of hydrogen-bond donors (Lipinski definition) is 3. The second-order valence-corrected chi connectivity index (χ2v) is 17.0. The number of amides is 2. The van der Waals surface area contributed by atoms with Crippen molar-refractivity contribution in [2.24, 2.45) is 29.1 Å². The van der Waals surface area contributed by atoms with E-state index in [2.05, 4.69) is 49.6 Å². The summed E-state index contributed by atoms with van der Waals surface area (Å²) in [6.07, 6.45) is 1.78. The Labute approximate surface area is 322 Å². The van der Waals surface area contributed by atoms with Gasteiger partial charge in [0, 0.05) is 61.5 Å². The van der Waals surface area contributed by atoms with Gasteiger partial charge >= 0.3 is 0 Å². The number of hydrogen-bond acceptors (Lipinski definition) is 8. The molecular formula is C44H61N5O5. The number of likely N-dealkylation sites (N-methyl/N-ethyl adjacent to an activating group) is 1. The lowest BCUT2D eigenvalue weighted by Crippen LogP contribution is -2.62. The third-order valence-electron chi connectivity index (χ3n) is 12.6. The van der Waals surface area contributed by atoms with Crippen LogP contribution in [0.4, 0.5) is 5.69 Å². The molecule has 0 spiro atoms. The van der Waals surface area contributed by atoms with Crippen molar-refractivity contribution in [1.82, 2.24) is 20.6 Å². The Bertz CT molecular complexity index is 1780. The zero-order valence-electron chi connectivity index (χ0n) is 33.6. The predicted molar refractivity (Wildman–Crippen MR) is 214 cm³/mol. The molecule has 0 aromatic heterocycles. The lowest BCUT2D eigenvalue weighted by molar-refractivity contribution is -0.179. The van der Waals surface area contributed by atoms with Gasteiger partial charge in [-0.1, -0.05) is 69.3 Å². The molecular weight excluding hydrogens is 679 g/mol. The molecule has 1 saturated heterocycles. The zero-order chi connectivity index (χ0) is 38.9. The van der Waals surface area contributed by atoms with Crippen molar-refractivity contribution in [1.29, 1.82) is 0 Å². The number of para-hydroxylation sites is 1. The Kier molecular flexibility index (Phi) is 12.1. The van der Waals surface area contributed by atoms with Gasteiger partial charge in [-0.2, -0.15) is 5.06 Å². The molecule has 54 heavy (non-hydrogen) atoms. The first-order valence-corrected chi connectivity index (χ1v) is 19.6. The summed E-state index contributed by atoms with van der Waals surface area (Å²) in [5.74, 6) is 1.52. The van der Waals surface area contributed by atoms with Crippen LogP contribution in [-0.4, -0.2) is 99.6 Å². The van der Waals surface area contributed by atoms with Gasteiger partial charge in [-0.05, 0) is 92.8 Å². The SMILES string of the molecule is COc1c(CN2O[C@@H](CN(C)C)[C@@H]([C@H](C)O)[C@H]2C(=O)N[C@H]2C[C@@H]3C[C@@H]([C@@H]2C)C3(C)C)cccc1-c1cc(C(=O)NCCc2ccccc2)cc(N(C)C)c1. The Morgan fingerprint density at radius 3 is 2.41 bits per heavy atom. The molecule has 3 aromatic carbocycles. The van der Waals surface area contributed by atoms with Crippen molar-refractivity contribution < 1.29 is 24.3 Å². The largest absolute Gasteiger partial charge is 0.496 e. The van der Waals surface area contributed by atoms with Crippen LogP contribution in [0.15, 0.2) is 66.7 Å². The van der Waals surface area contributed by atoms with Crippen LogP contribution in [0.25, 0.3) is 11.1 Å². The smallest absolute Gasteiger partial charge is 0.251 e. The number of aliphatic hydroxyl groups is 1. The number of carbonyl (C=O) groups excluding carboxylic acids is 2. The standard InChI is InChI=1S/C44H61N5O5/c1-27-36-23-33(44(36,3)4)24-37(27)46-43(52)40-39(28(2)50)38(26-47(5)6)54-49(40)25-30-16-13-17-35(41(30)53-9)31-20-32(22-34(21-31)48(7)8)42(51)45-19-18-29-14-11-10-12-15-29/h10-17,20-22,27-28,33,36-40,50H,18-19,23-26H2,1-9H3,(H,45,51)(H,46,52)/t27-,28-,33-,36-,37-,38-,39+,40-/m0/s1. The minimum atomic E-state index is -0.772. The molecule has 3 aliphatic carbocycles. The van der Waals surface area contributed by atoms with E-state index in [0.29, 0.717) is 47.6 Å². The summed E-state index contributed by atoms with van der Waals surface area (Å²) >= 11 is 0. The summed E-state index contributed by atoms with van der Waals surface area (Å²) in [6, 6.07) is 21.3. The zero-order valence-corrected chi connectivity index (χ0v) is 33.6. The Hall–Kier alpha value is -3.96. The molecule has 292 valence electrons. The minimum absolute atomic E-state index is 0.0882. The molecule has 1 aliphatic heterocycles. The van der Waals surface area contributed by atoms with E-state index in [4.69, 9.17) is 9.57 Å². The van der Waals surface area contributed by atoms with Crippen LogP contribution in [0, 0.1) is 29.1 Å². The lowest BCUT2D eigenvalue weighted by Gasteiger charge is -2.62. The first-order valence-electron chi connectivity index (χ1n) is 19.6. The van der Waals surface area contributed by atoms with Crippen molar-refractivity contribution in [3.05, 3.63) is 83.4 Å². The molecule has 3 aromatic rings. The monoisotopic (exact) mass is 739 g/mol. The minimum Gasteiger partial charge on any atom is -0.496 e. The summed E-state index contributed by atoms with van der Waals surface area (Å²) in [5.41, 5.74) is 5.42. The summed E-state index contributed by atoms with van der Waals surface area (Å²) in [4.78, 5) is 38.6. The highest BCUT2D eigenvalue weighted by molar-refractivity contribution is 5.97. The number of nitrogens with one attached hydrogen (secondary N) is 2. The quantitative estimate of drug-likeness (QED) is 0.196. The van der Waals surface area contributed by atoms with Crippen molar-refractivity contribution in [3.8, 4) is 16.9 Å². The molecule has 0 unspecified atom stereocenters. The van der Waals surface area contributed by atoms with Crippen LogP contribution >= 0.6 is 0 Å². The Morgan fingerprint density at radius 2 is 1.78 bits per heavy atom. The van der Waals surface area contributed by atoms with Gasteiger partial charge in [0.1, 0.15) is 11.8 Å². The van der Waals surface area contributed by atoms with Crippen LogP contribution in [0.3, 0.4) is 0 Å². The Morgan fingerprint density at radius 1 is 1.04 bits per heavy atom. The summed E-state index contributed by atoms with van der Waals surface area (Å²) in [5, 5.41) is 19.5. The summed E-state index contributed by atoms with van der Waals surface area (Å²) in [7, 11) is 9.52. The van der Waals surface area contributed by atoms with Crippen LogP contribution in [0.2, 0.25) is 0 Å². The maximum absolute atomic E-state index is 14.5. The second-order valence-electron chi connectivity index (χ2n) is 17.0. The van der Waals surface area contributed by atoms with Gasteiger partial charge in [0.15, 0.2) is 0 Å². The van der Waals surface area contributed by atoms with Gasteiger partial charge in [-0.25, -0.2) is 0 Å². The fraction of sp³-hybridized carbons (Fsp3) is 0.545. The van der Waals surface area contributed by atoms with Crippen LogP contribution in [0.1, 0.15) is 62.0 Å². The van der Waals surface area contributed by atoms with Crippen molar-refractivity contribution >= 4 is 17.5 Å². The van der Waals surface area contributed by atoms with Gasteiger partial charge in [0.25, 0.3) is 5.91 Å². The van der Waals surface area contributed by atoms with E-state index < -0.39 is 18.1 Å². The van der Waals surface area contributed by atoms with Gasteiger partial charge in [0.2, 0.25) is 5.91 Å². The average molecular weight is 740 g/mol. The molecule has 3 saturated carbocycles. The topological polar surface area (TPSA) is 107 Å². The van der Waals surface area contributed by atoms with E-state index in [9.17, 15) is 14.7 Å². The molecule has 10 heteroatoms. The first-order chi connectivity index (χ1) is 25.7. The Balaban J connectivity index is 1.28. The maximum atomic E-state index is 14.5. The maximum Gasteiger partial charge on any atom is 0.251 e. The number of rotatable bonds is 14. The number of aliphatic hydroxyl groups excluding tert-OH is 1. The highest BCUT2D eigenvalue weighted by atomic mass is 16.7. The number of ether oxygens (including phenoxy) is 1. The lowest BCUT2D eigenvalue weighted by atomic mass is 9.45. The molecule has 2 bridgehead atoms. The number of nitrogens with zero attached hydrogens (tertiary/aromatic N) is 3.